The van der Waals surface area contributed by atoms with E-state index < -0.39 is 5.97 Å². The minimum absolute atomic E-state index is 0.0973. The standard InChI is InChI=1S/C21H17N3O3/c1-26-19-10-8-15(9-11-19)20-17(12-16(13-22)21(25)27-2)14-24(23-20)18-6-4-3-5-7-18/h3-12,14H,1-2H3/b16-12+. The van der Waals surface area contributed by atoms with Crippen molar-refractivity contribution in [2.45, 2.75) is 0 Å². The molecule has 6 nitrogen and oxygen atoms in total. The summed E-state index contributed by atoms with van der Waals surface area (Å²) in [5.74, 6) is 0.0382. The number of nitriles is 1. The van der Waals surface area contributed by atoms with Gasteiger partial charge in [0.15, 0.2) is 0 Å². The van der Waals surface area contributed by atoms with E-state index in [0.717, 1.165) is 17.0 Å². The van der Waals surface area contributed by atoms with E-state index in [1.807, 2.05) is 60.7 Å². The first-order valence-corrected chi connectivity index (χ1v) is 8.16. The molecule has 0 amide bonds. The molecule has 0 N–H and O–H groups in total. The highest BCUT2D eigenvalue weighted by molar-refractivity contribution is 5.98. The summed E-state index contributed by atoms with van der Waals surface area (Å²) < 4.78 is 11.6. The quantitative estimate of drug-likeness (QED) is 0.395. The second-order valence-corrected chi connectivity index (χ2v) is 5.60. The summed E-state index contributed by atoms with van der Waals surface area (Å²) in [6, 6.07) is 18.9. The van der Waals surface area contributed by atoms with Crippen molar-refractivity contribution in [3.05, 3.63) is 71.9 Å². The molecule has 0 radical (unpaired) electrons. The van der Waals surface area contributed by atoms with Crippen LogP contribution in [0.3, 0.4) is 0 Å². The third-order valence-corrected chi connectivity index (χ3v) is 3.95. The molecule has 3 aromatic rings. The van der Waals surface area contributed by atoms with Crippen molar-refractivity contribution >= 4 is 12.0 Å². The maximum atomic E-state index is 11.8. The number of para-hydroxylation sites is 1. The Morgan fingerprint density at radius 3 is 2.41 bits per heavy atom. The lowest BCUT2D eigenvalue weighted by Crippen LogP contribution is -2.02. The number of aromatic nitrogens is 2. The normalized spacial score (nSPS) is 10.9. The third kappa shape index (κ3) is 3.88. The molecule has 0 saturated carbocycles. The zero-order valence-corrected chi connectivity index (χ0v) is 14.9. The van der Waals surface area contributed by atoms with Crippen LogP contribution in [-0.2, 0) is 9.53 Å². The molecule has 0 aliphatic heterocycles. The fraction of sp³-hybridized carbons (Fsp3) is 0.0952. The van der Waals surface area contributed by atoms with Crippen LogP contribution < -0.4 is 4.74 Å². The highest BCUT2D eigenvalue weighted by Gasteiger charge is 2.15. The Labute approximate surface area is 156 Å². The van der Waals surface area contributed by atoms with Gasteiger partial charge >= 0.3 is 5.97 Å². The Hall–Kier alpha value is -3.85. The van der Waals surface area contributed by atoms with Gasteiger partial charge < -0.3 is 9.47 Å². The molecule has 0 saturated heterocycles. The highest BCUT2D eigenvalue weighted by atomic mass is 16.5. The van der Waals surface area contributed by atoms with E-state index in [0.29, 0.717) is 11.3 Å². The number of benzene rings is 2. The molecule has 27 heavy (non-hydrogen) atoms. The van der Waals surface area contributed by atoms with Gasteiger partial charge in [-0.25, -0.2) is 9.48 Å². The summed E-state index contributed by atoms with van der Waals surface area (Å²) in [7, 11) is 2.84. The van der Waals surface area contributed by atoms with E-state index in [9.17, 15) is 10.1 Å². The van der Waals surface area contributed by atoms with Gasteiger partial charge in [0, 0.05) is 17.3 Å². The maximum Gasteiger partial charge on any atom is 0.348 e. The third-order valence-electron chi connectivity index (χ3n) is 3.95. The smallest absolute Gasteiger partial charge is 0.348 e. The molecular formula is C21H17N3O3. The number of carbonyl (C=O) groups excluding carboxylic acids is 1. The van der Waals surface area contributed by atoms with Crippen molar-refractivity contribution in [2.75, 3.05) is 14.2 Å². The molecule has 6 heteroatoms. The van der Waals surface area contributed by atoms with Crippen molar-refractivity contribution in [1.82, 2.24) is 9.78 Å². The van der Waals surface area contributed by atoms with E-state index in [1.165, 1.54) is 13.2 Å². The van der Waals surface area contributed by atoms with Gasteiger partial charge in [-0.05, 0) is 42.5 Å². The fourth-order valence-electron chi connectivity index (χ4n) is 2.58. The van der Waals surface area contributed by atoms with Gasteiger partial charge in [0.25, 0.3) is 0 Å². The summed E-state index contributed by atoms with van der Waals surface area (Å²) in [5.41, 5.74) is 2.87. The summed E-state index contributed by atoms with van der Waals surface area (Å²) >= 11 is 0. The number of nitrogens with zero attached hydrogens (tertiary/aromatic N) is 3. The molecule has 2 aromatic carbocycles. The van der Waals surface area contributed by atoms with Crippen LogP contribution in [0.4, 0.5) is 0 Å². The average Bonchev–Trinajstić information content (AvgIpc) is 3.16. The van der Waals surface area contributed by atoms with Crippen molar-refractivity contribution in [2.24, 2.45) is 0 Å². The molecule has 1 heterocycles. The van der Waals surface area contributed by atoms with E-state index in [1.54, 1.807) is 18.0 Å². The predicted molar refractivity (Wildman–Crippen MR) is 101 cm³/mol. The molecule has 0 bridgehead atoms. The summed E-state index contributed by atoms with van der Waals surface area (Å²) in [6.45, 7) is 0. The first kappa shape index (κ1) is 18.0. The summed E-state index contributed by atoms with van der Waals surface area (Å²) in [4.78, 5) is 11.8. The molecule has 1 aromatic heterocycles. The van der Waals surface area contributed by atoms with Crippen LogP contribution in [0.1, 0.15) is 5.56 Å². The molecule has 0 unspecified atom stereocenters. The Balaban J connectivity index is 2.14. The summed E-state index contributed by atoms with van der Waals surface area (Å²) in [6.07, 6.45) is 3.26. The van der Waals surface area contributed by atoms with E-state index in [4.69, 9.17) is 4.74 Å². The van der Waals surface area contributed by atoms with Gasteiger partial charge in [0.05, 0.1) is 25.6 Å². The molecule has 0 spiro atoms. The average molecular weight is 359 g/mol. The number of methoxy groups -OCH3 is 2. The second kappa shape index (κ2) is 8.02. The molecule has 0 aliphatic carbocycles. The van der Waals surface area contributed by atoms with Gasteiger partial charge in [-0.3, -0.25) is 0 Å². The van der Waals surface area contributed by atoms with Crippen LogP contribution >= 0.6 is 0 Å². The second-order valence-electron chi connectivity index (χ2n) is 5.60. The molecule has 3 rings (SSSR count). The van der Waals surface area contributed by atoms with Crippen LogP contribution in [0.5, 0.6) is 5.75 Å². The molecule has 0 atom stereocenters. The van der Waals surface area contributed by atoms with Crippen molar-refractivity contribution < 1.29 is 14.3 Å². The van der Waals surface area contributed by atoms with Crippen LogP contribution in [0.15, 0.2) is 66.4 Å². The zero-order chi connectivity index (χ0) is 19.2. The van der Waals surface area contributed by atoms with Crippen molar-refractivity contribution in [1.29, 1.82) is 5.26 Å². The molecule has 0 fully saturated rings. The predicted octanol–water partition coefficient (Wildman–Crippen LogP) is 3.63. The molecule has 134 valence electrons. The number of rotatable bonds is 5. The Morgan fingerprint density at radius 1 is 1.11 bits per heavy atom. The number of ether oxygens (including phenoxy) is 2. The summed E-state index contributed by atoms with van der Waals surface area (Å²) in [5, 5.41) is 13.9. The van der Waals surface area contributed by atoms with Gasteiger partial charge in [-0.1, -0.05) is 18.2 Å². The van der Waals surface area contributed by atoms with Gasteiger partial charge in [-0.2, -0.15) is 10.4 Å². The fourth-order valence-corrected chi connectivity index (χ4v) is 2.58. The monoisotopic (exact) mass is 359 g/mol. The van der Waals surface area contributed by atoms with Crippen LogP contribution in [0, 0.1) is 11.3 Å². The first-order valence-electron chi connectivity index (χ1n) is 8.16. The maximum absolute atomic E-state index is 11.8. The number of esters is 1. The van der Waals surface area contributed by atoms with Crippen LogP contribution in [0.25, 0.3) is 23.0 Å². The number of hydrogen-bond acceptors (Lipinski definition) is 5. The Bertz CT molecular complexity index is 1010. The van der Waals surface area contributed by atoms with E-state index in [-0.39, 0.29) is 5.57 Å². The first-order chi connectivity index (χ1) is 13.2. The Morgan fingerprint density at radius 2 is 1.81 bits per heavy atom. The zero-order valence-electron chi connectivity index (χ0n) is 14.9. The van der Waals surface area contributed by atoms with Gasteiger partial charge in [0.1, 0.15) is 17.4 Å². The molecule has 0 aliphatic rings. The van der Waals surface area contributed by atoms with Crippen molar-refractivity contribution in [3.8, 4) is 28.8 Å². The number of carbonyl (C=O) groups is 1. The van der Waals surface area contributed by atoms with Crippen LogP contribution in [-0.4, -0.2) is 30.0 Å². The van der Waals surface area contributed by atoms with E-state index in [2.05, 4.69) is 9.84 Å². The van der Waals surface area contributed by atoms with E-state index >= 15 is 0 Å². The lowest BCUT2D eigenvalue weighted by atomic mass is 10.1. The van der Waals surface area contributed by atoms with Gasteiger partial charge in [-0.15, -0.1) is 0 Å². The lowest BCUT2D eigenvalue weighted by Gasteiger charge is -2.03. The SMILES string of the molecule is COC(=O)/C(C#N)=C/c1cn(-c2ccccc2)nc1-c1ccc(OC)cc1. The van der Waals surface area contributed by atoms with Crippen LogP contribution in [0.2, 0.25) is 0 Å². The topological polar surface area (TPSA) is 77.1 Å². The Kier molecular flexibility index (Phi) is 5.33. The lowest BCUT2D eigenvalue weighted by molar-refractivity contribution is -0.135. The van der Waals surface area contributed by atoms with Crippen molar-refractivity contribution in [3.63, 3.8) is 0 Å². The minimum Gasteiger partial charge on any atom is -0.497 e. The number of hydrogen-bond donors (Lipinski definition) is 0. The molecular weight excluding hydrogens is 342 g/mol. The minimum atomic E-state index is -0.689. The highest BCUT2D eigenvalue weighted by Crippen LogP contribution is 2.27. The van der Waals surface area contributed by atoms with Gasteiger partial charge in [0.2, 0.25) is 0 Å². The largest absolute Gasteiger partial charge is 0.497 e.